The molecule has 1 amide bonds. The number of carbonyl (C=O) groups excluding carboxylic acids is 1. The third-order valence-electron chi connectivity index (χ3n) is 5.54. The maximum absolute atomic E-state index is 12.4. The highest BCUT2D eigenvalue weighted by Gasteiger charge is 2.25. The van der Waals surface area contributed by atoms with Crippen molar-refractivity contribution >= 4 is 50.6 Å². The first-order valence-electron chi connectivity index (χ1n) is 10.3. The number of aromatic nitrogens is 4. The normalized spacial score (nSPS) is 16.1. The number of amides is 1. The zero-order valence-corrected chi connectivity index (χ0v) is 18.6. The number of nitrogens with zero attached hydrogens (tertiary/aromatic N) is 4. The first kappa shape index (κ1) is 19.5. The van der Waals surface area contributed by atoms with Crippen LogP contribution >= 0.6 is 23.1 Å². The molecule has 0 radical (unpaired) electrons. The number of nitrogens with one attached hydrogen (secondary N) is 1. The highest BCUT2D eigenvalue weighted by Crippen LogP contribution is 2.39. The summed E-state index contributed by atoms with van der Waals surface area (Å²) < 4.78 is 2.05. The van der Waals surface area contributed by atoms with Crippen LogP contribution in [0, 0.1) is 5.92 Å². The van der Waals surface area contributed by atoms with Gasteiger partial charge in [0.15, 0.2) is 10.8 Å². The van der Waals surface area contributed by atoms with Crippen LogP contribution in [0.3, 0.4) is 0 Å². The number of fused-ring (bicyclic) bond motifs is 5. The van der Waals surface area contributed by atoms with Crippen LogP contribution in [0.4, 0.5) is 5.69 Å². The van der Waals surface area contributed by atoms with Crippen LogP contribution in [-0.2, 0) is 24.1 Å². The lowest BCUT2D eigenvalue weighted by atomic mass is 9.89. The van der Waals surface area contributed by atoms with Crippen LogP contribution in [0.1, 0.15) is 36.5 Å². The molecule has 1 aliphatic carbocycles. The minimum absolute atomic E-state index is 0.0584. The van der Waals surface area contributed by atoms with Gasteiger partial charge in [-0.05, 0) is 42.9 Å². The van der Waals surface area contributed by atoms with Gasteiger partial charge in [0, 0.05) is 17.0 Å². The number of anilines is 1. The molecule has 6 nitrogen and oxygen atoms in total. The van der Waals surface area contributed by atoms with Crippen LogP contribution in [0.5, 0.6) is 0 Å². The maximum Gasteiger partial charge on any atom is 0.234 e. The second-order valence-corrected chi connectivity index (χ2v) is 9.78. The van der Waals surface area contributed by atoms with Gasteiger partial charge < -0.3 is 5.32 Å². The van der Waals surface area contributed by atoms with Gasteiger partial charge in [0.2, 0.25) is 5.91 Å². The van der Waals surface area contributed by atoms with Crippen molar-refractivity contribution in [3.05, 3.63) is 46.6 Å². The van der Waals surface area contributed by atoms with E-state index in [1.54, 1.807) is 0 Å². The van der Waals surface area contributed by atoms with Crippen LogP contribution < -0.4 is 5.32 Å². The predicted molar refractivity (Wildman–Crippen MR) is 123 cm³/mol. The van der Waals surface area contributed by atoms with Crippen molar-refractivity contribution in [2.24, 2.45) is 5.92 Å². The third kappa shape index (κ3) is 3.48. The molecule has 4 aromatic rings. The van der Waals surface area contributed by atoms with E-state index in [1.807, 2.05) is 46.1 Å². The molecule has 1 aromatic carbocycles. The molecule has 0 bridgehead atoms. The second-order valence-electron chi connectivity index (χ2n) is 7.76. The van der Waals surface area contributed by atoms with E-state index in [-0.39, 0.29) is 11.7 Å². The van der Waals surface area contributed by atoms with Gasteiger partial charge in [-0.25, -0.2) is 4.98 Å². The summed E-state index contributed by atoms with van der Waals surface area (Å²) in [5.74, 6) is 1.88. The van der Waals surface area contributed by atoms with Gasteiger partial charge in [0.05, 0.1) is 11.1 Å². The lowest BCUT2D eigenvalue weighted by Gasteiger charge is -2.17. The van der Waals surface area contributed by atoms with Crippen molar-refractivity contribution in [1.82, 2.24) is 19.6 Å². The van der Waals surface area contributed by atoms with Crippen molar-refractivity contribution in [1.29, 1.82) is 0 Å². The first-order chi connectivity index (χ1) is 14.6. The number of thiophene rings is 1. The number of aryl methyl sites for hydroxylation is 2. The summed E-state index contributed by atoms with van der Waals surface area (Å²) in [6, 6.07) is 9.50. The van der Waals surface area contributed by atoms with Gasteiger partial charge >= 0.3 is 0 Å². The second kappa shape index (κ2) is 8.00. The molecule has 1 atom stereocenters. The molecular formula is C22H23N5OS2. The molecule has 5 rings (SSSR count). The lowest BCUT2D eigenvalue weighted by molar-refractivity contribution is -0.113. The number of hydrogen-bond donors (Lipinski definition) is 1. The fourth-order valence-electron chi connectivity index (χ4n) is 4.06. The number of thioether (sulfide) groups is 1. The van der Waals surface area contributed by atoms with E-state index >= 15 is 0 Å². The summed E-state index contributed by atoms with van der Waals surface area (Å²) in [5.41, 5.74) is 3.08. The topological polar surface area (TPSA) is 72.2 Å². The third-order valence-corrected chi connectivity index (χ3v) is 7.62. The lowest BCUT2D eigenvalue weighted by Crippen LogP contribution is -2.14. The molecule has 0 fully saturated rings. The Morgan fingerprint density at radius 2 is 2.13 bits per heavy atom. The van der Waals surface area contributed by atoms with E-state index in [0.717, 1.165) is 57.7 Å². The molecular weight excluding hydrogens is 414 g/mol. The average molecular weight is 438 g/mol. The summed E-state index contributed by atoms with van der Waals surface area (Å²) >= 11 is 3.22. The standard InChI is InChI=1S/C22H23N5OS2/c1-3-17-24-21-19(15-10-9-13(2)11-16(15)30-21)20-25-26-22(27(17)20)29-12-18(28)23-14-7-5-4-6-8-14/h4-8,13H,3,9-12H2,1-2H3,(H,23,28)/t13-/m0/s1. The van der Waals surface area contributed by atoms with Crippen LogP contribution in [-0.4, -0.2) is 31.2 Å². The molecule has 0 saturated heterocycles. The number of carbonyl (C=O) groups is 1. The van der Waals surface area contributed by atoms with E-state index in [9.17, 15) is 4.79 Å². The van der Waals surface area contributed by atoms with Crippen molar-refractivity contribution in [2.45, 2.75) is 44.7 Å². The number of benzene rings is 1. The predicted octanol–water partition coefficient (Wildman–Crippen LogP) is 4.76. The summed E-state index contributed by atoms with van der Waals surface area (Å²) in [5, 5.41) is 13.8. The molecule has 0 aliphatic heterocycles. The van der Waals surface area contributed by atoms with Crippen LogP contribution in [0.15, 0.2) is 35.5 Å². The Bertz CT molecular complexity index is 1230. The van der Waals surface area contributed by atoms with Crippen molar-refractivity contribution < 1.29 is 4.79 Å². The molecule has 8 heteroatoms. The van der Waals surface area contributed by atoms with Crippen molar-refractivity contribution in [3.63, 3.8) is 0 Å². The van der Waals surface area contributed by atoms with Crippen molar-refractivity contribution in [2.75, 3.05) is 11.1 Å². The zero-order valence-electron chi connectivity index (χ0n) is 17.0. The quantitative estimate of drug-likeness (QED) is 0.456. The Morgan fingerprint density at radius 3 is 2.93 bits per heavy atom. The van der Waals surface area contributed by atoms with E-state index < -0.39 is 0 Å². The molecule has 1 aliphatic rings. The molecule has 3 heterocycles. The van der Waals surface area contributed by atoms with Gasteiger partial charge in [-0.15, -0.1) is 21.5 Å². The molecule has 154 valence electrons. The Hall–Kier alpha value is -2.45. The van der Waals surface area contributed by atoms with E-state index in [1.165, 1.54) is 28.6 Å². The average Bonchev–Trinajstić information content (AvgIpc) is 3.32. The summed E-state index contributed by atoms with van der Waals surface area (Å²) in [6.45, 7) is 4.42. The minimum atomic E-state index is -0.0584. The number of rotatable bonds is 5. The van der Waals surface area contributed by atoms with E-state index in [0.29, 0.717) is 0 Å². The van der Waals surface area contributed by atoms with Crippen molar-refractivity contribution in [3.8, 4) is 0 Å². The summed E-state index contributed by atoms with van der Waals surface area (Å²) in [7, 11) is 0. The molecule has 30 heavy (non-hydrogen) atoms. The number of hydrogen-bond acceptors (Lipinski definition) is 6. The maximum atomic E-state index is 12.4. The monoisotopic (exact) mass is 437 g/mol. The molecule has 0 saturated carbocycles. The van der Waals surface area contributed by atoms with Crippen LogP contribution in [0.2, 0.25) is 0 Å². The van der Waals surface area contributed by atoms with E-state index in [4.69, 9.17) is 4.98 Å². The van der Waals surface area contributed by atoms with Gasteiger partial charge in [0.1, 0.15) is 10.7 Å². The molecule has 0 spiro atoms. The molecule has 1 N–H and O–H groups in total. The van der Waals surface area contributed by atoms with E-state index in [2.05, 4.69) is 29.4 Å². The fraction of sp³-hybridized carbons (Fsp3) is 0.364. The fourth-order valence-corrected chi connectivity index (χ4v) is 6.20. The van der Waals surface area contributed by atoms with Gasteiger partial charge in [-0.1, -0.05) is 43.8 Å². The van der Waals surface area contributed by atoms with Gasteiger partial charge in [-0.2, -0.15) is 0 Å². The van der Waals surface area contributed by atoms with Gasteiger partial charge in [0.25, 0.3) is 0 Å². The smallest absolute Gasteiger partial charge is 0.234 e. The Morgan fingerprint density at radius 1 is 1.30 bits per heavy atom. The Kier molecular flexibility index (Phi) is 5.20. The minimum Gasteiger partial charge on any atom is -0.325 e. The summed E-state index contributed by atoms with van der Waals surface area (Å²) in [4.78, 5) is 19.9. The van der Waals surface area contributed by atoms with Gasteiger partial charge in [-0.3, -0.25) is 9.20 Å². The number of para-hydroxylation sites is 1. The first-order valence-corrected chi connectivity index (χ1v) is 12.1. The Balaban J connectivity index is 1.47. The SMILES string of the molecule is CCc1nc2sc3c(c2c2nnc(SCC(=O)Nc4ccccc4)n12)CC[C@H](C)C3. The molecule has 3 aromatic heterocycles. The van der Waals surface area contributed by atoms with Crippen LogP contribution in [0.25, 0.3) is 15.9 Å². The summed E-state index contributed by atoms with van der Waals surface area (Å²) in [6.07, 6.45) is 4.19. The largest absolute Gasteiger partial charge is 0.325 e. The zero-order chi connectivity index (χ0) is 20.7. The highest BCUT2D eigenvalue weighted by atomic mass is 32.2. The Labute approximate surface area is 183 Å². The highest BCUT2D eigenvalue weighted by molar-refractivity contribution is 7.99. The molecule has 0 unspecified atom stereocenters.